The number of hydrogen-bond acceptors (Lipinski definition) is 6. The van der Waals surface area contributed by atoms with Gasteiger partial charge in [-0.3, -0.25) is 4.57 Å². The van der Waals surface area contributed by atoms with Gasteiger partial charge in [0.2, 0.25) is 5.95 Å². The lowest BCUT2D eigenvalue weighted by Crippen LogP contribution is -2.40. The molecule has 0 N–H and O–H groups in total. The summed E-state index contributed by atoms with van der Waals surface area (Å²) in [5.41, 5.74) is 2.07. The number of hydrogen-bond donors (Lipinski definition) is 0. The number of halogens is 1. The van der Waals surface area contributed by atoms with Crippen LogP contribution in [-0.4, -0.2) is 48.2 Å². The smallest absolute Gasteiger partial charge is 0.227 e. The highest BCUT2D eigenvalue weighted by Gasteiger charge is 2.26. The van der Waals surface area contributed by atoms with E-state index in [4.69, 9.17) is 14.2 Å². The molecule has 170 valence electrons. The van der Waals surface area contributed by atoms with E-state index < -0.39 is 0 Å². The summed E-state index contributed by atoms with van der Waals surface area (Å²) in [6, 6.07) is 16.5. The number of morpholine rings is 1. The highest BCUT2D eigenvalue weighted by molar-refractivity contribution is 5.34. The minimum atomic E-state index is -0.251. The Morgan fingerprint density at radius 2 is 1.88 bits per heavy atom. The third-order valence-corrected chi connectivity index (χ3v) is 5.47. The molecule has 0 saturated carbocycles. The summed E-state index contributed by atoms with van der Waals surface area (Å²) in [4.78, 5) is 2.18. The van der Waals surface area contributed by atoms with E-state index in [1.165, 1.54) is 12.1 Å². The van der Waals surface area contributed by atoms with Crippen molar-refractivity contribution in [1.82, 2.24) is 14.8 Å². The number of benzene rings is 2. The van der Waals surface area contributed by atoms with E-state index in [9.17, 15) is 4.39 Å². The van der Waals surface area contributed by atoms with E-state index in [2.05, 4.69) is 19.7 Å². The summed E-state index contributed by atoms with van der Waals surface area (Å²) < 4.78 is 32.5. The van der Waals surface area contributed by atoms with Crippen molar-refractivity contribution in [2.45, 2.75) is 32.3 Å². The summed E-state index contributed by atoms with van der Waals surface area (Å²) in [6.45, 7) is 4.19. The quantitative estimate of drug-likeness (QED) is 0.448. The van der Waals surface area contributed by atoms with Gasteiger partial charge in [-0.25, -0.2) is 4.39 Å². The van der Waals surface area contributed by atoms with Gasteiger partial charge in [0, 0.05) is 26.8 Å². The SMILES string of the molecule is COCCCn1c(COCc2ccccc2)nnc1N1CCO[C@H](c2ccc(F)cc2)C1. The molecule has 0 aliphatic carbocycles. The lowest BCUT2D eigenvalue weighted by molar-refractivity contribution is 0.0388. The van der Waals surface area contributed by atoms with E-state index in [0.29, 0.717) is 39.5 Å². The summed E-state index contributed by atoms with van der Waals surface area (Å²) in [6.07, 6.45) is 0.699. The third kappa shape index (κ3) is 5.70. The van der Waals surface area contributed by atoms with Crippen LogP contribution in [0.2, 0.25) is 0 Å². The Morgan fingerprint density at radius 3 is 2.66 bits per heavy atom. The second kappa shape index (κ2) is 11.2. The van der Waals surface area contributed by atoms with Crippen LogP contribution in [0, 0.1) is 5.82 Å². The Bertz CT molecular complexity index is 965. The fourth-order valence-electron chi connectivity index (χ4n) is 3.81. The number of ether oxygens (including phenoxy) is 3. The predicted molar refractivity (Wildman–Crippen MR) is 119 cm³/mol. The zero-order valence-corrected chi connectivity index (χ0v) is 18.3. The van der Waals surface area contributed by atoms with Crippen molar-refractivity contribution in [2.24, 2.45) is 0 Å². The Kier molecular flexibility index (Phi) is 7.82. The van der Waals surface area contributed by atoms with Gasteiger partial charge in [-0.1, -0.05) is 42.5 Å². The number of nitrogens with zero attached hydrogens (tertiary/aromatic N) is 4. The summed E-state index contributed by atoms with van der Waals surface area (Å²) >= 11 is 0. The molecule has 0 spiro atoms. The van der Waals surface area contributed by atoms with Crippen molar-refractivity contribution in [3.05, 3.63) is 77.4 Å². The molecule has 8 heteroatoms. The Labute approximate surface area is 187 Å². The van der Waals surface area contributed by atoms with Crippen LogP contribution in [0.1, 0.15) is 29.5 Å². The first-order valence-corrected chi connectivity index (χ1v) is 10.9. The summed E-state index contributed by atoms with van der Waals surface area (Å²) in [5, 5.41) is 8.91. The molecule has 0 unspecified atom stereocenters. The van der Waals surface area contributed by atoms with E-state index in [0.717, 1.165) is 35.9 Å². The van der Waals surface area contributed by atoms with E-state index >= 15 is 0 Å². The molecular formula is C24H29FN4O3. The largest absolute Gasteiger partial charge is 0.385 e. The first kappa shape index (κ1) is 22.4. The maximum absolute atomic E-state index is 13.3. The fourth-order valence-corrected chi connectivity index (χ4v) is 3.81. The molecular weight excluding hydrogens is 411 g/mol. The summed E-state index contributed by atoms with van der Waals surface area (Å²) in [5.74, 6) is 1.34. The molecule has 2 heterocycles. The fraction of sp³-hybridized carbons (Fsp3) is 0.417. The second-order valence-electron chi connectivity index (χ2n) is 7.75. The maximum atomic E-state index is 13.3. The molecule has 1 aromatic heterocycles. The number of rotatable bonds is 10. The van der Waals surface area contributed by atoms with Gasteiger partial charge in [0.1, 0.15) is 18.5 Å². The number of methoxy groups -OCH3 is 1. The molecule has 2 aromatic carbocycles. The molecule has 1 aliphatic rings. The molecule has 1 aliphatic heterocycles. The summed E-state index contributed by atoms with van der Waals surface area (Å²) in [7, 11) is 1.70. The van der Waals surface area contributed by atoms with Crippen LogP contribution in [-0.2, 0) is 34.0 Å². The highest BCUT2D eigenvalue weighted by atomic mass is 19.1. The van der Waals surface area contributed by atoms with E-state index in [1.807, 2.05) is 30.3 Å². The molecule has 7 nitrogen and oxygen atoms in total. The van der Waals surface area contributed by atoms with Crippen molar-refractivity contribution in [1.29, 1.82) is 0 Å². The van der Waals surface area contributed by atoms with Gasteiger partial charge < -0.3 is 19.1 Å². The first-order chi connectivity index (χ1) is 15.7. The molecule has 3 aromatic rings. The van der Waals surface area contributed by atoms with Gasteiger partial charge in [0.15, 0.2) is 5.82 Å². The minimum absolute atomic E-state index is 0.147. The van der Waals surface area contributed by atoms with Gasteiger partial charge in [-0.05, 0) is 29.7 Å². The molecule has 1 fully saturated rings. The molecule has 1 saturated heterocycles. The van der Waals surface area contributed by atoms with E-state index in [-0.39, 0.29) is 11.9 Å². The van der Waals surface area contributed by atoms with Gasteiger partial charge in [0.05, 0.1) is 19.8 Å². The monoisotopic (exact) mass is 440 g/mol. The van der Waals surface area contributed by atoms with Crippen LogP contribution < -0.4 is 4.90 Å². The first-order valence-electron chi connectivity index (χ1n) is 10.9. The number of aromatic nitrogens is 3. The van der Waals surface area contributed by atoms with Crippen LogP contribution >= 0.6 is 0 Å². The normalized spacial score (nSPS) is 16.4. The molecule has 1 atom stereocenters. The van der Waals surface area contributed by atoms with Crippen molar-refractivity contribution >= 4 is 5.95 Å². The Hall–Kier alpha value is -2.81. The lowest BCUT2D eigenvalue weighted by atomic mass is 10.1. The lowest BCUT2D eigenvalue weighted by Gasteiger charge is -2.34. The number of anilines is 1. The Morgan fingerprint density at radius 1 is 1.06 bits per heavy atom. The zero-order valence-electron chi connectivity index (χ0n) is 18.3. The van der Waals surface area contributed by atoms with Gasteiger partial charge in [-0.15, -0.1) is 10.2 Å². The van der Waals surface area contributed by atoms with Crippen molar-refractivity contribution < 1.29 is 18.6 Å². The van der Waals surface area contributed by atoms with Crippen LogP contribution in [0.5, 0.6) is 0 Å². The van der Waals surface area contributed by atoms with E-state index in [1.54, 1.807) is 19.2 Å². The van der Waals surface area contributed by atoms with Crippen molar-refractivity contribution in [2.75, 3.05) is 38.3 Å². The average molecular weight is 441 g/mol. The van der Waals surface area contributed by atoms with Crippen molar-refractivity contribution in [3.63, 3.8) is 0 Å². The van der Waals surface area contributed by atoms with Gasteiger partial charge in [0.25, 0.3) is 0 Å². The average Bonchev–Trinajstić information content (AvgIpc) is 3.23. The van der Waals surface area contributed by atoms with Crippen LogP contribution in [0.25, 0.3) is 0 Å². The second-order valence-corrected chi connectivity index (χ2v) is 7.75. The molecule has 4 rings (SSSR count). The third-order valence-electron chi connectivity index (χ3n) is 5.47. The maximum Gasteiger partial charge on any atom is 0.227 e. The molecule has 0 bridgehead atoms. The van der Waals surface area contributed by atoms with Crippen LogP contribution in [0.15, 0.2) is 54.6 Å². The minimum Gasteiger partial charge on any atom is -0.385 e. The predicted octanol–water partition coefficient (Wildman–Crippen LogP) is 3.75. The van der Waals surface area contributed by atoms with Crippen LogP contribution in [0.3, 0.4) is 0 Å². The Balaban J connectivity index is 1.47. The highest BCUT2D eigenvalue weighted by Crippen LogP contribution is 2.26. The van der Waals surface area contributed by atoms with Crippen LogP contribution in [0.4, 0.5) is 10.3 Å². The van der Waals surface area contributed by atoms with Gasteiger partial charge in [-0.2, -0.15) is 0 Å². The van der Waals surface area contributed by atoms with Gasteiger partial charge >= 0.3 is 0 Å². The van der Waals surface area contributed by atoms with Crippen molar-refractivity contribution in [3.8, 4) is 0 Å². The zero-order chi connectivity index (χ0) is 22.2. The standard InChI is InChI=1S/C24H29FN4O3/c1-30-14-5-12-29-23(18-31-17-19-6-3-2-4-7-19)26-27-24(29)28-13-15-32-22(16-28)20-8-10-21(25)11-9-20/h2-4,6-11,22H,5,12-18H2,1H3/t22-/m0/s1. The topological polar surface area (TPSA) is 61.6 Å². The molecule has 0 amide bonds. The molecule has 32 heavy (non-hydrogen) atoms. The molecule has 0 radical (unpaired) electrons.